The molecule has 1 saturated heterocycles. The second-order valence-corrected chi connectivity index (χ2v) is 10.8. The zero-order chi connectivity index (χ0) is 22.8. The van der Waals surface area contributed by atoms with Crippen LogP contribution in [0.15, 0.2) is 35.2 Å². The molecule has 0 radical (unpaired) electrons. The third-order valence-electron chi connectivity index (χ3n) is 5.43. The highest BCUT2D eigenvalue weighted by molar-refractivity contribution is 7.92. The van der Waals surface area contributed by atoms with Crippen LogP contribution in [0.1, 0.15) is 25.1 Å². The summed E-state index contributed by atoms with van der Waals surface area (Å²) in [5.41, 5.74) is 1.72. The Hall–Kier alpha value is -2.68. The standard InChI is InChI=1S/C22H31N5O3S/c1-16(2)31(29,30)19-8-6-18(7-9-19)15-21(28)26-10-12-27(13-11-26)22-23-17(3)14-20(24-22)25(4)5/h6-9,14,16H,10-13,15H2,1-5H3. The number of piperazine rings is 1. The lowest BCUT2D eigenvalue weighted by molar-refractivity contribution is -0.130. The molecule has 0 unspecified atom stereocenters. The summed E-state index contributed by atoms with van der Waals surface area (Å²) in [7, 11) is 0.600. The van der Waals surface area contributed by atoms with E-state index in [0.29, 0.717) is 37.0 Å². The smallest absolute Gasteiger partial charge is 0.227 e. The van der Waals surface area contributed by atoms with Crippen molar-refractivity contribution in [2.75, 3.05) is 50.1 Å². The average molecular weight is 446 g/mol. The quantitative estimate of drug-likeness (QED) is 0.671. The molecule has 1 aromatic heterocycles. The predicted molar refractivity (Wildman–Crippen MR) is 122 cm³/mol. The Labute approximate surface area is 184 Å². The van der Waals surface area contributed by atoms with Gasteiger partial charge in [0.25, 0.3) is 0 Å². The maximum Gasteiger partial charge on any atom is 0.227 e. The van der Waals surface area contributed by atoms with Crippen LogP contribution in [0.5, 0.6) is 0 Å². The predicted octanol–water partition coefficient (Wildman–Crippen LogP) is 1.92. The van der Waals surface area contributed by atoms with Crippen molar-refractivity contribution in [3.05, 3.63) is 41.6 Å². The number of aromatic nitrogens is 2. The number of hydrogen-bond donors (Lipinski definition) is 0. The second-order valence-electron chi connectivity index (χ2n) is 8.34. The zero-order valence-electron chi connectivity index (χ0n) is 18.9. The van der Waals surface area contributed by atoms with Crippen molar-refractivity contribution < 1.29 is 13.2 Å². The van der Waals surface area contributed by atoms with Gasteiger partial charge in [-0.1, -0.05) is 12.1 Å². The summed E-state index contributed by atoms with van der Waals surface area (Å²) in [6.07, 6.45) is 0.258. The third kappa shape index (κ3) is 5.33. The van der Waals surface area contributed by atoms with E-state index in [1.165, 1.54) is 0 Å². The van der Waals surface area contributed by atoms with Crippen LogP contribution in [0.3, 0.4) is 0 Å². The highest BCUT2D eigenvalue weighted by atomic mass is 32.2. The lowest BCUT2D eigenvalue weighted by Crippen LogP contribution is -2.49. The Morgan fingerprint density at radius 3 is 2.23 bits per heavy atom. The number of sulfone groups is 1. The minimum absolute atomic E-state index is 0.0401. The number of amides is 1. The van der Waals surface area contributed by atoms with Gasteiger partial charge in [0.1, 0.15) is 5.82 Å². The number of rotatable bonds is 6. The fourth-order valence-electron chi connectivity index (χ4n) is 3.42. The van der Waals surface area contributed by atoms with E-state index in [1.807, 2.05) is 36.9 Å². The van der Waals surface area contributed by atoms with E-state index in [4.69, 9.17) is 0 Å². The molecular weight excluding hydrogens is 414 g/mol. The van der Waals surface area contributed by atoms with Gasteiger partial charge in [-0.2, -0.15) is 4.98 Å². The molecule has 9 heteroatoms. The lowest BCUT2D eigenvalue weighted by Gasteiger charge is -2.35. The van der Waals surface area contributed by atoms with Gasteiger partial charge in [0.15, 0.2) is 9.84 Å². The summed E-state index contributed by atoms with van der Waals surface area (Å²) in [4.78, 5) is 28.1. The SMILES string of the molecule is Cc1cc(N(C)C)nc(N2CCN(C(=O)Cc3ccc(S(=O)(=O)C(C)C)cc3)CC2)n1. The Morgan fingerprint density at radius 2 is 1.68 bits per heavy atom. The van der Waals surface area contributed by atoms with Gasteiger partial charge in [-0.15, -0.1) is 0 Å². The zero-order valence-corrected chi connectivity index (χ0v) is 19.7. The Balaban J connectivity index is 1.60. The normalized spacial score (nSPS) is 14.8. The Morgan fingerprint density at radius 1 is 1.06 bits per heavy atom. The molecule has 0 atom stereocenters. The molecule has 3 rings (SSSR count). The molecule has 31 heavy (non-hydrogen) atoms. The number of hydrogen-bond acceptors (Lipinski definition) is 7. The van der Waals surface area contributed by atoms with E-state index in [-0.39, 0.29) is 12.3 Å². The molecule has 2 heterocycles. The first kappa shape index (κ1) is 23.0. The maximum absolute atomic E-state index is 12.7. The van der Waals surface area contributed by atoms with Crippen molar-refractivity contribution in [1.82, 2.24) is 14.9 Å². The summed E-state index contributed by atoms with van der Waals surface area (Å²) in [6, 6.07) is 8.58. The molecule has 0 bridgehead atoms. The van der Waals surface area contributed by atoms with Crippen molar-refractivity contribution in [2.45, 2.75) is 37.3 Å². The minimum atomic E-state index is -3.30. The first-order valence-corrected chi connectivity index (χ1v) is 12.0. The van der Waals surface area contributed by atoms with E-state index in [1.54, 1.807) is 38.1 Å². The van der Waals surface area contributed by atoms with Crippen molar-refractivity contribution >= 4 is 27.5 Å². The highest BCUT2D eigenvalue weighted by Gasteiger charge is 2.24. The van der Waals surface area contributed by atoms with Crippen LogP contribution >= 0.6 is 0 Å². The summed E-state index contributed by atoms with van der Waals surface area (Å²) in [5.74, 6) is 1.60. The van der Waals surface area contributed by atoms with Crippen LogP contribution in [-0.2, 0) is 21.1 Å². The average Bonchev–Trinajstić information content (AvgIpc) is 2.73. The summed E-state index contributed by atoms with van der Waals surface area (Å²) >= 11 is 0. The minimum Gasteiger partial charge on any atom is -0.363 e. The molecule has 1 amide bonds. The molecule has 1 aliphatic heterocycles. The van der Waals surface area contributed by atoms with Crippen LogP contribution in [0.4, 0.5) is 11.8 Å². The van der Waals surface area contributed by atoms with Crippen LogP contribution < -0.4 is 9.80 Å². The molecule has 2 aromatic rings. The second kappa shape index (κ2) is 9.21. The number of carbonyl (C=O) groups is 1. The molecule has 1 aromatic carbocycles. The van der Waals surface area contributed by atoms with Crippen LogP contribution in [0, 0.1) is 6.92 Å². The molecule has 168 valence electrons. The van der Waals surface area contributed by atoms with Crippen LogP contribution in [0.2, 0.25) is 0 Å². The van der Waals surface area contributed by atoms with Gasteiger partial charge in [-0.3, -0.25) is 4.79 Å². The molecule has 0 saturated carbocycles. The highest BCUT2D eigenvalue weighted by Crippen LogP contribution is 2.19. The fraction of sp³-hybridized carbons (Fsp3) is 0.500. The Kier molecular flexibility index (Phi) is 6.83. The van der Waals surface area contributed by atoms with Crippen molar-refractivity contribution in [3.63, 3.8) is 0 Å². The van der Waals surface area contributed by atoms with Gasteiger partial charge in [0.2, 0.25) is 11.9 Å². The van der Waals surface area contributed by atoms with Gasteiger partial charge in [-0.05, 0) is 38.5 Å². The van der Waals surface area contributed by atoms with Crippen molar-refractivity contribution in [1.29, 1.82) is 0 Å². The first-order chi connectivity index (χ1) is 14.6. The van der Waals surface area contributed by atoms with E-state index >= 15 is 0 Å². The maximum atomic E-state index is 12.7. The molecule has 0 spiro atoms. The summed E-state index contributed by atoms with van der Waals surface area (Å²) < 4.78 is 24.5. The lowest BCUT2D eigenvalue weighted by atomic mass is 10.1. The number of anilines is 2. The molecule has 1 aliphatic rings. The largest absolute Gasteiger partial charge is 0.363 e. The number of nitrogens with zero attached hydrogens (tertiary/aromatic N) is 5. The molecule has 1 fully saturated rings. The molecule has 8 nitrogen and oxygen atoms in total. The van der Waals surface area contributed by atoms with Gasteiger partial charge in [0, 0.05) is 52.0 Å². The monoisotopic (exact) mass is 445 g/mol. The molecular formula is C22H31N5O3S. The van der Waals surface area contributed by atoms with Gasteiger partial charge >= 0.3 is 0 Å². The van der Waals surface area contributed by atoms with Gasteiger partial charge < -0.3 is 14.7 Å². The van der Waals surface area contributed by atoms with Gasteiger partial charge in [-0.25, -0.2) is 13.4 Å². The first-order valence-electron chi connectivity index (χ1n) is 10.5. The van der Waals surface area contributed by atoms with E-state index in [2.05, 4.69) is 14.9 Å². The van der Waals surface area contributed by atoms with Crippen molar-refractivity contribution in [3.8, 4) is 0 Å². The topological polar surface area (TPSA) is 86.7 Å². The van der Waals surface area contributed by atoms with Crippen LogP contribution in [-0.4, -0.2) is 74.7 Å². The number of carbonyl (C=O) groups excluding carboxylic acids is 1. The Bertz CT molecular complexity index is 1030. The molecule has 0 N–H and O–H groups in total. The van der Waals surface area contributed by atoms with Crippen LogP contribution in [0.25, 0.3) is 0 Å². The number of benzene rings is 1. The number of aryl methyl sites for hydroxylation is 1. The summed E-state index contributed by atoms with van der Waals surface area (Å²) in [6.45, 7) is 7.84. The van der Waals surface area contributed by atoms with E-state index < -0.39 is 15.1 Å². The fourth-order valence-corrected chi connectivity index (χ4v) is 4.48. The van der Waals surface area contributed by atoms with Gasteiger partial charge in [0.05, 0.1) is 16.6 Å². The van der Waals surface area contributed by atoms with E-state index in [0.717, 1.165) is 17.1 Å². The van der Waals surface area contributed by atoms with E-state index in [9.17, 15) is 13.2 Å². The van der Waals surface area contributed by atoms with Crippen molar-refractivity contribution in [2.24, 2.45) is 0 Å². The molecule has 0 aliphatic carbocycles. The summed E-state index contributed by atoms with van der Waals surface area (Å²) in [5, 5.41) is -0.470. The third-order valence-corrected chi connectivity index (χ3v) is 7.60.